The number of hydrogen-bond donors (Lipinski definition) is 2. The molecule has 0 aliphatic carbocycles. The molecule has 1 heterocycles. The standard InChI is InChI=1S/C22H26N2O4/c1-14(18-13-17(27-2)9-10-20(18)28-3)23-21(25)11-8-16-12-15-6-4-5-7-19(15)24-22(16)26/h4-7,9-10,13-14,16H,8,11-12H2,1-3H3,(H,23,25)(H,24,26). The number of carbonyl (C=O) groups is 2. The van der Waals surface area contributed by atoms with Gasteiger partial charge in [-0.25, -0.2) is 0 Å². The first-order chi connectivity index (χ1) is 13.5. The van der Waals surface area contributed by atoms with Crippen molar-refractivity contribution in [1.29, 1.82) is 0 Å². The third kappa shape index (κ3) is 4.44. The highest BCUT2D eigenvalue weighted by molar-refractivity contribution is 5.96. The van der Waals surface area contributed by atoms with E-state index >= 15 is 0 Å². The number of methoxy groups -OCH3 is 2. The zero-order valence-electron chi connectivity index (χ0n) is 16.5. The van der Waals surface area contributed by atoms with Crippen molar-refractivity contribution < 1.29 is 19.1 Å². The Hall–Kier alpha value is -3.02. The summed E-state index contributed by atoms with van der Waals surface area (Å²) in [5.41, 5.74) is 2.83. The summed E-state index contributed by atoms with van der Waals surface area (Å²) < 4.78 is 10.7. The number of hydrogen-bond acceptors (Lipinski definition) is 4. The van der Waals surface area contributed by atoms with E-state index in [1.807, 2.05) is 49.4 Å². The van der Waals surface area contributed by atoms with Crippen molar-refractivity contribution in [1.82, 2.24) is 5.32 Å². The summed E-state index contributed by atoms with van der Waals surface area (Å²) in [6.45, 7) is 1.90. The van der Waals surface area contributed by atoms with E-state index in [1.165, 1.54) is 0 Å². The molecule has 0 fully saturated rings. The Labute approximate surface area is 165 Å². The maximum absolute atomic E-state index is 12.5. The number of nitrogens with one attached hydrogen (secondary N) is 2. The Morgan fingerprint density at radius 2 is 2.00 bits per heavy atom. The molecule has 148 valence electrons. The summed E-state index contributed by atoms with van der Waals surface area (Å²) in [6.07, 6.45) is 1.46. The Kier molecular flexibility index (Phi) is 6.19. The molecule has 1 aliphatic heterocycles. The van der Waals surface area contributed by atoms with Crippen LogP contribution in [0, 0.1) is 5.92 Å². The minimum atomic E-state index is -0.238. The number of fused-ring (bicyclic) bond motifs is 1. The number of para-hydroxylation sites is 1. The number of amides is 2. The second-order valence-electron chi connectivity index (χ2n) is 6.98. The Morgan fingerprint density at radius 3 is 2.75 bits per heavy atom. The quantitative estimate of drug-likeness (QED) is 0.769. The van der Waals surface area contributed by atoms with Gasteiger partial charge >= 0.3 is 0 Å². The molecule has 2 amide bonds. The lowest BCUT2D eigenvalue weighted by Crippen LogP contribution is -2.32. The van der Waals surface area contributed by atoms with Gasteiger partial charge in [0.25, 0.3) is 0 Å². The maximum atomic E-state index is 12.5. The van der Waals surface area contributed by atoms with Crippen LogP contribution < -0.4 is 20.1 Å². The number of ether oxygens (including phenoxy) is 2. The molecule has 2 aromatic carbocycles. The topological polar surface area (TPSA) is 76.7 Å². The van der Waals surface area contributed by atoms with E-state index in [9.17, 15) is 9.59 Å². The smallest absolute Gasteiger partial charge is 0.227 e. The first kappa shape index (κ1) is 19.7. The molecule has 2 aromatic rings. The summed E-state index contributed by atoms with van der Waals surface area (Å²) >= 11 is 0. The monoisotopic (exact) mass is 382 g/mol. The van der Waals surface area contributed by atoms with E-state index in [1.54, 1.807) is 14.2 Å². The second-order valence-corrected chi connectivity index (χ2v) is 6.98. The average Bonchev–Trinajstić information content (AvgIpc) is 2.71. The van der Waals surface area contributed by atoms with E-state index in [4.69, 9.17) is 9.47 Å². The van der Waals surface area contributed by atoms with E-state index in [2.05, 4.69) is 10.6 Å². The van der Waals surface area contributed by atoms with Gasteiger partial charge in [0.1, 0.15) is 11.5 Å². The minimum absolute atomic E-state index is 0.0194. The zero-order chi connectivity index (χ0) is 20.1. The molecular formula is C22H26N2O4. The van der Waals surface area contributed by atoms with E-state index < -0.39 is 0 Å². The molecule has 0 bridgehead atoms. The van der Waals surface area contributed by atoms with Crippen LogP contribution in [0.25, 0.3) is 0 Å². The number of carbonyl (C=O) groups excluding carboxylic acids is 2. The van der Waals surface area contributed by atoms with Crippen molar-refractivity contribution in [2.75, 3.05) is 19.5 Å². The number of benzene rings is 2. The van der Waals surface area contributed by atoms with Crippen LogP contribution >= 0.6 is 0 Å². The van der Waals surface area contributed by atoms with Crippen molar-refractivity contribution in [2.24, 2.45) is 5.92 Å². The highest BCUT2D eigenvalue weighted by atomic mass is 16.5. The number of rotatable bonds is 7. The summed E-state index contributed by atoms with van der Waals surface area (Å²) in [6, 6.07) is 13.0. The summed E-state index contributed by atoms with van der Waals surface area (Å²) in [5.74, 6) is 1.09. The molecule has 0 aromatic heterocycles. The van der Waals surface area contributed by atoms with Crippen LogP contribution in [0.15, 0.2) is 42.5 Å². The average molecular weight is 382 g/mol. The van der Waals surface area contributed by atoms with E-state index in [-0.39, 0.29) is 30.2 Å². The van der Waals surface area contributed by atoms with Gasteiger partial charge in [0, 0.05) is 23.6 Å². The summed E-state index contributed by atoms with van der Waals surface area (Å²) in [5, 5.41) is 5.92. The first-order valence-electron chi connectivity index (χ1n) is 9.42. The van der Waals surface area contributed by atoms with Gasteiger partial charge < -0.3 is 20.1 Å². The fraction of sp³-hybridized carbons (Fsp3) is 0.364. The van der Waals surface area contributed by atoms with Crippen LogP contribution in [0.2, 0.25) is 0 Å². The molecule has 0 spiro atoms. The van der Waals surface area contributed by atoms with Crippen LogP contribution in [0.5, 0.6) is 11.5 Å². The van der Waals surface area contributed by atoms with E-state index in [0.29, 0.717) is 24.3 Å². The molecule has 0 radical (unpaired) electrons. The van der Waals surface area contributed by atoms with Gasteiger partial charge in [-0.05, 0) is 49.6 Å². The Balaban J connectivity index is 1.58. The molecule has 3 rings (SSSR count). The number of anilines is 1. The van der Waals surface area contributed by atoms with Crippen molar-refractivity contribution >= 4 is 17.5 Å². The molecule has 0 saturated heterocycles. The fourth-order valence-electron chi connectivity index (χ4n) is 3.52. The third-order valence-electron chi connectivity index (χ3n) is 5.11. The van der Waals surface area contributed by atoms with Crippen LogP contribution in [0.1, 0.15) is 36.9 Å². The van der Waals surface area contributed by atoms with E-state index in [0.717, 1.165) is 16.8 Å². The molecule has 6 nitrogen and oxygen atoms in total. The fourth-order valence-corrected chi connectivity index (χ4v) is 3.52. The van der Waals surface area contributed by atoms with Crippen LogP contribution in [0.4, 0.5) is 5.69 Å². The van der Waals surface area contributed by atoms with Crippen molar-refractivity contribution in [3.8, 4) is 11.5 Å². The van der Waals surface area contributed by atoms with Gasteiger partial charge in [0.15, 0.2) is 0 Å². The molecule has 2 unspecified atom stereocenters. The van der Waals surface area contributed by atoms with Crippen LogP contribution in [-0.4, -0.2) is 26.0 Å². The summed E-state index contributed by atoms with van der Waals surface area (Å²) in [7, 11) is 3.20. The molecule has 28 heavy (non-hydrogen) atoms. The highest BCUT2D eigenvalue weighted by Crippen LogP contribution is 2.30. The van der Waals surface area contributed by atoms with Gasteiger partial charge in [-0.1, -0.05) is 18.2 Å². The lowest BCUT2D eigenvalue weighted by molar-refractivity contribution is -0.123. The largest absolute Gasteiger partial charge is 0.497 e. The second kappa shape index (κ2) is 8.78. The third-order valence-corrected chi connectivity index (χ3v) is 5.11. The Bertz CT molecular complexity index is 865. The van der Waals surface area contributed by atoms with Gasteiger partial charge in [0.2, 0.25) is 11.8 Å². The lowest BCUT2D eigenvalue weighted by atomic mass is 9.89. The van der Waals surface area contributed by atoms with Gasteiger partial charge in [-0.3, -0.25) is 9.59 Å². The molecule has 2 atom stereocenters. The van der Waals surface area contributed by atoms with Gasteiger partial charge in [0.05, 0.1) is 20.3 Å². The van der Waals surface area contributed by atoms with Gasteiger partial charge in [-0.2, -0.15) is 0 Å². The first-order valence-corrected chi connectivity index (χ1v) is 9.42. The molecule has 0 saturated carbocycles. The lowest BCUT2D eigenvalue weighted by Gasteiger charge is -2.24. The van der Waals surface area contributed by atoms with Gasteiger partial charge in [-0.15, -0.1) is 0 Å². The molecule has 2 N–H and O–H groups in total. The predicted octanol–water partition coefficient (Wildman–Crippen LogP) is 3.47. The minimum Gasteiger partial charge on any atom is -0.497 e. The molecular weight excluding hydrogens is 356 g/mol. The molecule has 6 heteroatoms. The Morgan fingerprint density at radius 1 is 1.21 bits per heavy atom. The summed E-state index contributed by atoms with van der Waals surface area (Å²) in [4.78, 5) is 24.8. The predicted molar refractivity (Wildman–Crippen MR) is 108 cm³/mol. The highest BCUT2D eigenvalue weighted by Gasteiger charge is 2.26. The molecule has 1 aliphatic rings. The SMILES string of the molecule is COc1ccc(OC)c(C(C)NC(=O)CCC2Cc3ccccc3NC2=O)c1. The van der Waals surface area contributed by atoms with Crippen LogP contribution in [0.3, 0.4) is 0 Å². The van der Waals surface area contributed by atoms with Crippen molar-refractivity contribution in [3.05, 3.63) is 53.6 Å². The zero-order valence-corrected chi connectivity index (χ0v) is 16.5. The normalized spacial score (nSPS) is 16.5. The van der Waals surface area contributed by atoms with Crippen molar-refractivity contribution in [2.45, 2.75) is 32.2 Å². The maximum Gasteiger partial charge on any atom is 0.227 e. The van der Waals surface area contributed by atoms with Crippen LogP contribution in [-0.2, 0) is 16.0 Å². The van der Waals surface area contributed by atoms with Crippen molar-refractivity contribution in [3.63, 3.8) is 0 Å².